The Morgan fingerprint density at radius 1 is 1.44 bits per heavy atom. The van der Waals surface area contributed by atoms with E-state index in [2.05, 4.69) is 22.2 Å². The lowest BCUT2D eigenvalue weighted by Crippen LogP contribution is -2.21. The van der Waals surface area contributed by atoms with Crippen LogP contribution in [-0.2, 0) is 0 Å². The van der Waals surface area contributed by atoms with E-state index in [1.807, 2.05) is 6.92 Å². The summed E-state index contributed by atoms with van der Waals surface area (Å²) in [5.41, 5.74) is -0.0575. The van der Waals surface area contributed by atoms with Gasteiger partial charge in [0, 0.05) is 20.1 Å². The van der Waals surface area contributed by atoms with Crippen molar-refractivity contribution in [2.24, 2.45) is 0 Å². The van der Waals surface area contributed by atoms with E-state index < -0.39 is 4.92 Å². The van der Waals surface area contributed by atoms with Crippen molar-refractivity contribution in [1.29, 1.82) is 0 Å². The Morgan fingerprint density at radius 2 is 2.17 bits per heavy atom. The summed E-state index contributed by atoms with van der Waals surface area (Å²) in [7, 11) is 1.81. The Morgan fingerprint density at radius 3 is 2.72 bits per heavy atom. The van der Waals surface area contributed by atoms with Gasteiger partial charge in [-0.2, -0.15) is 0 Å². The van der Waals surface area contributed by atoms with Crippen LogP contribution in [0.1, 0.15) is 26.7 Å². The number of aromatic nitrogens is 2. The summed E-state index contributed by atoms with van der Waals surface area (Å²) in [6.45, 7) is 5.26. The summed E-state index contributed by atoms with van der Waals surface area (Å²) in [5.74, 6) is 0.634. The highest BCUT2D eigenvalue weighted by Gasteiger charge is 2.24. The Balaban J connectivity index is 3.09. The van der Waals surface area contributed by atoms with Crippen LogP contribution in [0.4, 0.5) is 17.3 Å². The first-order valence-corrected chi connectivity index (χ1v) is 6.06. The van der Waals surface area contributed by atoms with Crippen molar-refractivity contribution in [2.45, 2.75) is 26.7 Å². The van der Waals surface area contributed by atoms with Gasteiger partial charge in [-0.1, -0.05) is 13.3 Å². The third-order valence-electron chi connectivity index (χ3n) is 2.54. The number of unbranched alkanes of at least 4 members (excludes halogenated alkanes) is 1. The Bertz CT molecular complexity index is 410. The molecule has 1 N–H and O–H groups in total. The lowest BCUT2D eigenvalue weighted by molar-refractivity contribution is -0.383. The molecule has 0 radical (unpaired) electrons. The monoisotopic (exact) mass is 253 g/mol. The molecule has 0 saturated heterocycles. The van der Waals surface area contributed by atoms with Crippen molar-refractivity contribution in [2.75, 3.05) is 30.4 Å². The van der Waals surface area contributed by atoms with E-state index in [4.69, 9.17) is 0 Å². The fraction of sp³-hybridized carbons (Fsp3) is 0.636. The van der Waals surface area contributed by atoms with Crippen LogP contribution in [0.3, 0.4) is 0 Å². The first-order chi connectivity index (χ1) is 8.61. The Labute approximate surface area is 106 Å². The molecule has 0 bridgehead atoms. The number of nitrogens with zero attached hydrogens (tertiary/aromatic N) is 4. The van der Waals surface area contributed by atoms with E-state index in [0.29, 0.717) is 12.4 Å². The van der Waals surface area contributed by atoms with Gasteiger partial charge in [0.05, 0.1) is 4.92 Å². The number of hydrogen-bond acceptors (Lipinski definition) is 6. The zero-order valence-corrected chi connectivity index (χ0v) is 11.0. The molecular weight excluding hydrogens is 234 g/mol. The first kappa shape index (κ1) is 14.1. The Hall–Kier alpha value is -1.92. The van der Waals surface area contributed by atoms with Crippen LogP contribution in [0.2, 0.25) is 0 Å². The van der Waals surface area contributed by atoms with E-state index in [1.165, 1.54) is 6.33 Å². The first-order valence-electron chi connectivity index (χ1n) is 6.06. The summed E-state index contributed by atoms with van der Waals surface area (Å²) in [6, 6.07) is 0. The average molecular weight is 253 g/mol. The van der Waals surface area contributed by atoms with Crippen LogP contribution in [0, 0.1) is 10.1 Å². The minimum absolute atomic E-state index is 0.0575. The van der Waals surface area contributed by atoms with Crippen molar-refractivity contribution in [3.05, 3.63) is 16.4 Å². The zero-order chi connectivity index (χ0) is 13.5. The molecule has 7 heteroatoms. The molecule has 0 unspecified atom stereocenters. The molecule has 0 saturated carbocycles. The standard InChI is InChI=1S/C11H19N5O2/c1-4-6-7-15(3)11-9(16(17)18)10(12-5-2)13-8-14-11/h8H,4-7H2,1-3H3,(H,12,13,14). The van der Waals surface area contributed by atoms with Crippen molar-refractivity contribution in [1.82, 2.24) is 9.97 Å². The SMILES string of the molecule is CCCCN(C)c1ncnc(NCC)c1[N+](=O)[O-]. The van der Waals surface area contributed by atoms with Gasteiger partial charge in [-0.25, -0.2) is 9.97 Å². The minimum atomic E-state index is -0.435. The summed E-state index contributed by atoms with van der Waals surface area (Å²) in [5, 5.41) is 14.0. The third-order valence-corrected chi connectivity index (χ3v) is 2.54. The lowest BCUT2D eigenvalue weighted by atomic mass is 10.3. The molecule has 0 atom stereocenters. The normalized spacial score (nSPS) is 10.2. The maximum atomic E-state index is 11.2. The zero-order valence-electron chi connectivity index (χ0n) is 11.0. The molecule has 1 heterocycles. The molecular formula is C11H19N5O2. The van der Waals surface area contributed by atoms with Gasteiger partial charge in [-0.3, -0.25) is 10.1 Å². The molecule has 7 nitrogen and oxygen atoms in total. The van der Waals surface area contributed by atoms with Gasteiger partial charge in [0.15, 0.2) is 0 Å². The van der Waals surface area contributed by atoms with E-state index >= 15 is 0 Å². The van der Waals surface area contributed by atoms with E-state index in [1.54, 1.807) is 11.9 Å². The molecule has 0 aliphatic heterocycles. The number of anilines is 2. The second kappa shape index (κ2) is 6.73. The quantitative estimate of drug-likeness (QED) is 0.591. The predicted octanol–water partition coefficient (Wildman–Crippen LogP) is 2.05. The predicted molar refractivity (Wildman–Crippen MR) is 71.0 cm³/mol. The molecule has 1 aromatic rings. The van der Waals surface area contributed by atoms with Gasteiger partial charge >= 0.3 is 5.69 Å². The Kier molecular flexibility index (Phi) is 5.29. The van der Waals surface area contributed by atoms with E-state index in [-0.39, 0.29) is 11.5 Å². The van der Waals surface area contributed by atoms with Gasteiger partial charge in [0.25, 0.3) is 0 Å². The van der Waals surface area contributed by atoms with E-state index in [9.17, 15) is 10.1 Å². The highest BCUT2D eigenvalue weighted by atomic mass is 16.6. The fourth-order valence-corrected chi connectivity index (χ4v) is 1.61. The molecule has 18 heavy (non-hydrogen) atoms. The molecule has 1 rings (SSSR count). The largest absolute Gasteiger partial charge is 0.364 e. The van der Waals surface area contributed by atoms with E-state index in [0.717, 1.165) is 19.4 Å². The van der Waals surface area contributed by atoms with Gasteiger partial charge in [0.2, 0.25) is 11.6 Å². The van der Waals surface area contributed by atoms with Gasteiger partial charge in [-0.05, 0) is 13.3 Å². The molecule has 0 aliphatic rings. The number of rotatable bonds is 7. The summed E-state index contributed by atoms with van der Waals surface area (Å²) >= 11 is 0. The smallest absolute Gasteiger partial charge is 0.353 e. The van der Waals surface area contributed by atoms with Crippen LogP contribution in [0.25, 0.3) is 0 Å². The number of nitrogens with one attached hydrogen (secondary N) is 1. The fourth-order valence-electron chi connectivity index (χ4n) is 1.61. The molecule has 0 amide bonds. The van der Waals surface area contributed by atoms with Crippen molar-refractivity contribution in [3.8, 4) is 0 Å². The molecule has 0 aromatic carbocycles. The van der Waals surface area contributed by atoms with Crippen molar-refractivity contribution >= 4 is 17.3 Å². The van der Waals surface area contributed by atoms with Crippen LogP contribution in [-0.4, -0.2) is 35.0 Å². The second-order valence-corrected chi connectivity index (χ2v) is 3.96. The third kappa shape index (κ3) is 3.28. The maximum Gasteiger partial charge on any atom is 0.353 e. The highest BCUT2D eigenvalue weighted by molar-refractivity contribution is 5.69. The average Bonchev–Trinajstić information content (AvgIpc) is 2.35. The van der Waals surface area contributed by atoms with Crippen LogP contribution in [0.15, 0.2) is 6.33 Å². The molecule has 0 fully saturated rings. The molecule has 0 aliphatic carbocycles. The van der Waals surface area contributed by atoms with Crippen molar-refractivity contribution < 1.29 is 4.92 Å². The summed E-state index contributed by atoms with van der Waals surface area (Å²) in [4.78, 5) is 20.5. The lowest BCUT2D eigenvalue weighted by Gasteiger charge is -2.18. The number of nitro groups is 1. The van der Waals surface area contributed by atoms with Gasteiger partial charge in [-0.15, -0.1) is 0 Å². The second-order valence-electron chi connectivity index (χ2n) is 3.96. The molecule has 100 valence electrons. The molecule has 0 spiro atoms. The topological polar surface area (TPSA) is 84.2 Å². The summed E-state index contributed by atoms with van der Waals surface area (Å²) < 4.78 is 0. The van der Waals surface area contributed by atoms with Gasteiger partial charge < -0.3 is 10.2 Å². The van der Waals surface area contributed by atoms with Crippen LogP contribution < -0.4 is 10.2 Å². The van der Waals surface area contributed by atoms with Crippen LogP contribution >= 0.6 is 0 Å². The number of hydrogen-bond donors (Lipinski definition) is 1. The van der Waals surface area contributed by atoms with Crippen molar-refractivity contribution in [3.63, 3.8) is 0 Å². The summed E-state index contributed by atoms with van der Waals surface area (Å²) in [6.07, 6.45) is 3.35. The highest BCUT2D eigenvalue weighted by Crippen LogP contribution is 2.30. The van der Waals surface area contributed by atoms with Gasteiger partial charge in [0.1, 0.15) is 6.33 Å². The molecule has 1 aromatic heterocycles. The van der Waals surface area contributed by atoms with Crippen LogP contribution in [0.5, 0.6) is 0 Å². The maximum absolute atomic E-state index is 11.2. The minimum Gasteiger partial charge on any atom is -0.364 e.